The van der Waals surface area contributed by atoms with Gasteiger partial charge in [0.2, 0.25) is 0 Å². The molecular weight excluding hydrogens is 282 g/mol. The van der Waals surface area contributed by atoms with E-state index < -0.39 is 0 Å². The van der Waals surface area contributed by atoms with Crippen molar-refractivity contribution in [1.29, 1.82) is 0 Å². The molecule has 0 fully saturated rings. The highest BCUT2D eigenvalue weighted by Gasteiger charge is 2.13. The monoisotopic (exact) mass is 299 g/mol. The van der Waals surface area contributed by atoms with Gasteiger partial charge in [-0.25, -0.2) is 0 Å². The third-order valence-corrected chi connectivity index (χ3v) is 3.82. The van der Waals surface area contributed by atoms with E-state index in [1.165, 1.54) is 5.56 Å². The molecule has 3 nitrogen and oxygen atoms in total. The first-order chi connectivity index (χ1) is 7.99. The zero-order valence-corrected chi connectivity index (χ0v) is 12.3. The number of ether oxygens (including phenoxy) is 1. The molecule has 0 heterocycles. The molecule has 0 spiro atoms. The number of amides is 1. The Morgan fingerprint density at radius 3 is 2.53 bits per heavy atom. The highest BCUT2D eigenvalue weighted by atomic mass is 79.9. The molecule has 0 unspecified atom stereocenters. The summed E-state index contributed by atoms with van der Waals surface area (Å²) < 4.78 is 5.87. The van der Waals surface area contributed by atoms with Gasteiger partial charge in [-0.3, -0.25) is 4.79 Å². The Hall–Kier alpha value is -0.870. The molecule has 0 radical (unpaired) electrons. The molecule has 94 valence electrons. The van der Waals surface area contributed by atoms with Gasteiger partial charge in [-0.15, -0.1) is 0 Å². The maximum absolute atomic E-state index is 12.0. The Morgan fingerprint density at radius 1 is 1.29 bits per heavy atom. The molecule has 0 saturated heterocycles. The number of nitrogens with one attached hydrogen (secondary N) is 1. The molecule has 0 aliphatic carbocycles. The van der Waals surface area contributed by atoms with Crippen LogP contribution in [-0.4, -0.2) is 26.2 Å². The van der Waals surface area contributed by atoms with Gasteiger partial charge in [0.15, 0.2) is 0 Å². The topological polar surface area (TPSA) is 38.3 Å². The molecule has 0 saturated carbocycles. The molecule has 0 aliphatic heterocycles. The first-order valence-electron chi connectivity index (χ1n) is 5.52. The van der Waals surface area contributed by atoms with Crippen molar-refractivity contribution in [2.75, 3.05) is 20.3 Å². The average Bonchev–Trinajstić information content (AvgIpc) is 2.31. The number of hydrogen-bond acceptors (Lipinski definition) is 2. The van der Waals surface area contributed by atoms with Crippen LogP contribution in [-0.2, 0) is 4.74 Å². The van der Waals surface area contributed by atoms with Gasteiger partial charge in [0.05, 0.1) is 6.61 Å². The molecule has 0 atom stereocenters. The number of hydrogen-bond donors (Lipinski definition) is 1. The van der Waals surface area contributed by atoms with Gasteiger partial charge in [0, 0.05) is 23.7 Å². The standard InChI is InChI=1S/C13H18BrNO2/c1-8-9(2)11(7-12(14)10(8)3)13(16)15-5-6-17-4/h7H,5-6H2,1-4H3,(H,15,16). The van der Waals surface area contributed by atoms with Crippen LogP contribution in [0.4, 0.5) is 0 Å². The predicted molar refractivity (Wildman–Crippen MR) is 72.6 cm³/mol. The summed E-state index contributed by atoms with van der Waals surface area (Å²) in [5.41, 5.74) is 4.07. The van der Waals surface area contributed by atoms with Crippen LogP contribution in [0.3, 0.4) is 0 Å². The molecule has 0 bridgehead atoms. The summed E-state index contributed by atoms with van der Waals surface area (Å²) in [5, 5.41) is 2.83. The maximum atomic E-state index is 12.0. The lowest BCUT2D eigenvalue weighted by Crippen LogP contribution is -2.27. The summed E-state index contributed by atoms with van der Waals surface area (Å²) in [5.74, 6) is -0.0525. The van der Waals surface area contributed by atoms with Crippen molar-refractivity contribution in [1.82, 2.24) is 5.32 Å². The Morgan fingerprint density at radius 2 is 1.94 bits per heavy atom. The van der Waals surface area contributed by atoms with E-state index in [0.717, 1.165) is 21.2 Å². The summed E-state index contributed by atoms with van der Waals surface area (Å²) >= 11 is 3.48. The highest BCUT2D eigenvalue weighted by molar-refractivity contribution is 9.10. The van der Waals surface area contributed by atoms with Gasteiger partial charge in [0.1, 0.15) is 0 Å². The first kappa shape index (κ1) is 14.2. The van der Waals surface area contributed by atoms with Gasteiger partial charge in [-0.2, -0.15) is 0 Å². The number of carbonyl (C=O) groups is 1. The number of halogens is 1. The van der Waals surface area contributed by atoms with E-state index in [1.807, 2.05) is 26.8 Å². The minimum absolute atomic E-state index is 0.0525. The van der Waals surface area contributed by atoms with Gasteiger partial charge >= 0.3 is 0 Å². The van der Waals surface area contributed by atoms with Crippen LogP contribution >= 0.6 is 15.9 Å². The molecular formula is C13H18BrNO2. The summed E-state index contributed by atoms with van der Waals surface area (Å²) in [6, 6.07) is 1.87. The second kappa shape index (κ2) is 6.17. The Bertz CT molecular complexity index is 430. The van der Waals surface area contributed by atoms with Crippen molar-refractivity contribution in [2.24, 2.45) is 0 Å². The highest BCUT2D eigenvalue weighted by Crippen LogP contribution is 2.25. The lowest BCUT2D eigenvalue weighted by atomic mass is 9.98. The van der Waals surface area contributed by atoms with Crippen LogP contribution in [0.1, 0.15) is 27.0 Å². The molecule has 0 aromatic heterocycles. The smallest absolute Gasteiger partial charge is 0.251 e. The normalized spacial score (nSPS) is 10.4. The van der Waals surface area contributed by atoms with Gasteiger partial charge in [-0.1, -0.05) is 15.9 Å². The average molecular weight is 300 g/mol. The predicted octanol–water partition coefficient (Wildman–Crippen LogP) is 2.75. The molecule has 17 heavy (non-hydrogen) atoms. The summed E-state index contributed by atoms with van der Waals surface area (Å²) in [4.78, 5) is 12.0. The molecule has 1 rings (SSSR count). The van der Waals surface area contributed by atoms with E-state index in [2.05, 4.69) is 21.2 Å². The van der Waals surface area contributed by atoms with Gasteiger partial charge in [0.25, 0.3) is 5.91 Å². The largest absolute Gasteiger partial charge is 0.383 e. The third-order valence-electron chi connectivity index (χ3n) is 2.99. The summed E-state index contributed by atoms with van der Waals surface area (Å²) in [6.07, 6.45) is 0. The van der Waals surface area contributed by atoms with Crippen molar-refractivity contribution in [3.63, 3.8) is 0 Å². The van der Waals surface area contributed by atoms with E-state index in [4.69, 9.17) is 4.74 Å². The van der Waals surface area contributed by atoms with Crippen molar-refractivity contribution >= 4 is 21.8 Å². The molecule has 0 aliphatic rings. The minimum atomic E-state index is -0.0525. The van der Waals surface area contributed by atoms with Crippen LogP contribution in [0.25, 0.3) is 0 Å². The SMILES string of the molecule is COCCNC(=O)c1cc(Br)c(C)c(C)c1C. The minimum Gasteiger partial charge on any atom is -0.383 e. The number of benzene rings is 1. The molecule has 1 aromatic rings. The fraction of sp³-hybridized carbons (Fsp3) is 0.462. The van der Waals surface area contributed by atoms with Crippen LogP contribution in [0.15, 0.2) is 10.5 Å². The van der Waals surface area contributed by atoms with Crippen LogP contribution in [0, 0.1) is 20.8 Å². The Balaban J connectivity index is 2.94. The first-order valence-corrected chi connectivity index (χ1v) is 6.31. The second-order valence-electron chi connectivity index (χ2n) is 4.03. The van der Waals surface area contributed by atoms with Crippen LogP contribution in [0.5, 0.6) is 0 Å². The van der Waals surface area contributed by atoms with E-state index in [1.54, 1.807) is 7.11 Å². The second-order valence-corrected chi connectivity index (χ2v) is 4.88. The summed E-state index contributed by atoms with van der Waals surface area (Å²) in [7, 11) is 1.62. The van der Waals surface area contributed by atoms with Gasteiger partial charge in [-0.05, 0) is 43.5 Å². The van der Waals surface area contributed by atoms with Crippen molar-refractivity contribution in [2.45, 2.75) is 20.8 Å². The van der Waals surface area contributed by atoms with Crippen molar-refractivity contribution < 1.29 is 9.53 Å². The molecule has 1 amide bonds. The van der Waals surface area contributed by atoms with Crippen LogP contribution < -0.4 is 5.32 Å². The lowest BCUT2D eigenvalue weighted by Gasteiger charge is -2.13. The number of carbonyl (C=O) groups excluding carboxylic acids is 1. The fourth-order valence-electron chi connectivity index (χ4n) is 1.60. The number of rotatable bonds is 4. The maximum Gasteiger partial charge on any atom is 0.251 e. The molecule has 1 aromatic carbocycles. The van der Waals surface area contributed by atoms with E-state index in [9.17, 15) is 4.79 Å². The zero-order chi connectivity index (χ0) is 13.0. The molecule has 4 heteroatoms. The Labute approximate surface area is 111 Å². The van der Waals surface area contributed by atoms with E-state index in [-0.39, 0.29) is 5.91 Å². The fourth-order valence-corrected chi connectivity index (χ4v) is 2.13. The molecule has 1 N–H and O–H groups in total. The van der Waals surface area contributed by atoms with Crippen molar-refractivity contribution in [3.05, 3.63) is 32.8 Å². The third kappa shape index (κ3) is 3.30. The van der Waals surface area contributed by atoms with E-state index >= 15 is 0 Å². The van der Waals surface area contributed by atoms with E-state index in [0.29, 0.717) is 13.2 Å². The van der Waals surface area contributed by atoms with Crippen molar-refractivity contribution in [3.8, 4) is 0 Å². The van der Waals surface area contributed by atoms with Gasteiger partial charge < -0.3 is 10.1 Å². The number of methoxy groups -OCH3 is 1. The Kier molecular flexibility index (Phi) is 5.15. The lowest BCUT2D eigenvalue weighted by molar-refractivity contribution is 0.0936. The summed E-state index contributed by atoms with van der Waals surface area (Å²) in [6.45, 7) is 7.09. The van der Waals surface area contributed by atoms with Crippen LogP contribution in [0.2, 0.25) is 0 Å². The quantitative estimate of drug-likeness (QED) is 0.868. The zero-order valence-electron chi connectivity index (χ0n) is 10.7.